The average Bonchev–Trinajstić information content (AvgIpc) is 2.68. The summed E-state index contributed by atoms with van der Waals surface area (Å²) >= 11 is 1.88. The first-order valence-corrected chi connectivity index (χ1v) is 10.8. The highest BCUT2D eigenvalue weighted by Crippen LogP contribution is 2.18. The van der Waals surface area contributed by atoms with Gasteiger partial charge < -0.3 is 20.4 Å². The number of likely N-dealkylation sites (N-methyl/N-ethyl adjacent to an activating group) is 2. The second-order valence-electron chi connectivity index (χ2n) is 7.53. The maximum absolute atomic E-state index is 12.8. The van der Waals surface area contributed by atoms with Crippen LogP contribution in [0, 0.1) is 0 Å². The summed E-state index contributed by atoms with van der Waals surface area (Å²) in [4.78, 5) is 29.1. The fraction of sp³-hybridized carbons (Fsp3) is 0.600. The maximum Gasteiger partial charge on any atom is 0.253 e. The molecule has 2 aliphatic rings. The van der Waals surface area contributed by atoms with E-state index in [-0.39, 0.29) is 48.7 Å². The molecule has 2 amide bonds. The number of likely N-dealkylation sites (tertiary alicyclic amines) is 1. The summed E-state index contributed by atoms with van der Waals surface area (Å²) < 4.78 is 0. The first-order chi connectivity index (χ1) is 13.0. The minimum atomic E-state index is 0. The van der Waals surface area contributed by atoms with Crippen LogP contribution in [0.2, 0.25) is 0 Å². The van der Waals surface area contributed by atoms with Crippen molar-refractivity contribution < 1.29 is 9.59 Å². The number of carbonyl (C=O) groups is 2. The van der Waals surface area contributed by atoms with Gasteiger partial charge in [0.1, 0.15) is 0 Å². The molecule has 0 radical (unpaired) electrons. The van der Waals surface area contributed by atoms with Crippen molar-refractivity contribution in [1.29, 1.82) is 0 Å². The zero-order valence-electron chi connectivity index (χ0n) is 17.1. The summed E-state index contributed by atoms with van der Waals surface area (Å²) in [5.41, 5.74) is 1.40. The number of rotatable bonds is 5. The smallest absolute Gasteiger partial charge is 0.253 e. The van der Waals surface area contributed by atoms with E-state index in [9.17, 15) is 9.59 Å². The molecule has 2 fully saturated rings. The van der Waals surface area contributed by atoms with Crippen LogP contribution in [0.3, 0.4) is 0 Å². The Morgan fingerprint density at radius 2 is 2.00 bits per heavy atom. The van der Waals surface area contributed by atoms with Gasteiger partial charge >= 0.3 is 0 Å². The maximum atomic E-state index is 12.8. The van der Waals surface area contributed by atoms with Crippen LogP contribution in [0.15, 0.2) is 24.3 Å². The number of hydrogen-bond donors (Lipinski definition) is 2. The highest BCUT2D eigenvalue weighted by molar-refractivity contribution is 7.99. The average molecular weight is 463 g/mol. The van der Waals surface area contributed by atoms with Crippen LogP contribution < -0.4 is 10.6 Å². The van der Waals surface area contributed by atoms with Crippen molar-refractivity contribution >= 4 is 54.1 Å². The Morgan fingerprint density at radius 3 is 2.62 bits per heavy atom. The number of amides is 2. The largest absolute Gasteiger partial charge is 0.337 e. The Labute approximate surface area is 190 Å². The van der Waals surface area contributed by atoms with Crippen LogP contribution in [-0.4, -0.2) is 78.9 Å². The van der Waals surface area contributed by atoms with Gasteiger partial charge in [0.25, 0.3) is 5.91 Å². The Hall–Kier alpha value is -0.990. The Kier molecular flexibility index (Phi) is 11.4. The van der Waals surface area contributed by atoms with Gasteiger partial charge in [-0.15, -0.1) is 24.8 Å². The molecule has 3 rings (SSSR count). The molecule has 0 aliphatic carbocycles. The predicted octanol–water partition coefficient (Wildman–Crippen LogP) is 2.73. The fourth-order valence-electron chi connectivity index (χ4n) is 3.71. The third kappa shape index (κ3) is 7.64. The lowest BCUT2D eigenvalue weighted by molar-refractivity contribution is -0.116. The third-order valence-electron chi connectivity index (χ3n) is 5.31. The molecular formula is C20H32Cl2N4O2S. The van der Waals surface area contributed by atoms with Gasteiger partial charge in [-0.25, -0.2) is 0 Å². The Morgan fingerprint density at radius 1 is 1.28 bits per heavy atom. The molecule has 1 aromatic carbocycles. The monoisotopic (exact) mass is 462 g/mol. The quantitative estimate of drug-likeness (QED) is 0.703. The summed E-state index contributed by atoms with van der Waals surface area (Å²) in [7, 11) is 3.99. The molecule has 2 N–H and O–H groups in total. The van der Waals surface area contributed by atoms with Gasteiger partial charge in [0.05, 0.1) is 0 Å². The molecule has 29 heavy (non-hydrogen) atoms. The molecule has 6 nitrogen and oxygen atoms in total. The fourth-order valence-corrected chi connectivity index (χ4v) is 4.66. The number of anilines is 1. The lowest BCUT2D eigenvalue weighted by Crippen LogP contribution is -2.47. The van der Waals surface area contributed by atoms with Crippen LogP contribution in [0.4, 0.5) is 5.69 Å². The summed E-state index contributed by atoms with van der Waals surface area (Å²) in [6, 6.07) is 7.73. The molecule has 2 aliphatic heterocycles. The second-order valence-corrected chi connectivity index (χ2v) is 8.68. The molecular weight excluding hydrogens is 431 g/mol. The SMILES string of the molecule is CN1CCCC(N(C)C(=O)c2ccc(NC(=O)CC3CSCCN3)cc2)C1.Cl.Cl. The van der Waals surface area contributed by atoms with E-state index in [1.165, 1.54) is 0 Å². The number of halogens is 2. The number of hydrogen-bond acceptors (Lipinski definition) is 5. The van der Waals surface area contributed by atoms with Crippen molar-refractivity contribution in [2.75, 3.05) is 50.6 Å². The van der Waals surface area contributed by atoms with E-state index in [2.05, 4.69) is 22.6 Å². The predicted molar refractivity (Wildman–Crippen MR) is 126 cm³/mol. The number of nitrogens with zero attached hydrogens (tertiary/aromatic N) is 2. The van der Waals surface area contributed by atoms with E-state index in [0.29, 0.717) is 12.0 Å². The summed E-state index contributed by atoms with van der Waals surface area (Å²) in [6.45, 7) is 2.98. The summed E-state index contributed by atoms with van der Waals surface area (Å²) in [5, 5.41) is 6.31. The Balaban J connectivity index is 0.00000210. The van der Waals surface area contributed by atoms with E-state index in [1.54, 1.807) is 12.1 Å². The highest BCUT2D eigenvalue weighted by Gasteiger charge is 2.25. The van der Waals surface area contributed by atoms with Gasteiger partial charge in [-0.3, -0.25) is 9.59 Å². The van der Waals surface area contributed by atoms with Crippen molar-refractivity contribution in [3.63, 3.8) is 0 Å². The second kappa shape index (κ2) is 12.6. The molecule has 9 heteroatoms. The normalized spacial score (nSPS) is 22.0. The van der Waals surface area contributed by atoms with Crippen LogP contribution in [0.1, 0.15) is 29.6 Å². The van der Waals surface area contributed by atoms with E-state index < -0.39 is 0 Å². The van der Waals surface area contributed by atoms with E-state index in [1.807, 2.05) is 35.8 Å². The first-order valence-electron chi connectivity index (χ1n) is 9.69. The van der Waals surface area contributed by atoms with Gasteiger partial charge in [-0.2, -0.15) is 11.8 Å². The number of piperidine rings is 1. The number of thioether (sulfide) groups is 1. The number of carbonyl (C=O) groups excluding carboxylic acids is 2. The standard InChI is InChI=1S/C20H30N4O2S.2ClH/c1-23-10-3-4-18(13-23)24(2)20(26)15-5-7-16(8-6-15)22-19(25)12-17-14-27-11-9-21-17;;/h5-8,17-18,21H,3-4,9-14H2,1-2H3,(H,22,25);2*1H. The summed E-state index contributed by atoms with van der Waals surface area (Å²) in [6.07, 6.45) is 2.65. The molecule has 1 aromatic rings. The minimum Gasteiger partial charge on any atom is -0.337 e. The van der Waals surface area contributed by atoms with Crippen molar-refractivity contribution in [2.24, 2.45) is 0 Å². The van der Waals surface area contributed by atoms with Gasteiger partial charge in [0.2, 0.25) is 5.91 Å². The molecule has 164 valence electrons. The van der Waals surface area contributed by atoms with Gasteiger partial charge in [-0.05, 0) is 50.7 Å². The van der Waals surface area contributed by atoms with Gasteiger partial charge in [0, 0.05) is 61.4 Å². The van der Waals surface area contributed by atoms with Crippen molar-refractivity contribution in [3.8, 4) is 0 Å². The first kappa shape index (κ1) is 26.0. The van der Waals surface area contributed by atoms with Crippen molar-refractivity contribution in [3.05, 3.63) is 29.8 Å². The zero-order valence-corrected chi connectivity index (χ0v) is 19.5. The molecule has 2 atom stereocenters. The summed E-state index contributed by atoms with van der Waals surface area (Å²) in [5.74, 6) is 2.14. The zero-order chi connectivity index (χ0) is 19.2. The third-order valence-corrected chi connectivity index (χ3v) is 6.44. The van der Waals surface area contributed by atoms with Crippen LogP contribution in [0.5, 0.6) is 0 Å². The van der Waals surface area contributed by atoms with Crippen molar-refractivity contribution in [1.82, 2.24) is 15.1 Å². The van der Waals surface area contributed by atoms with Crippen molar-refractivity contribution in [2.45, 2.75) is 31.3 Å². The molecule has 2 heterocycles. The van der Waals surface area contributed by atoms with Crippen LogP contribution in [-0.2, 0) is 4.79 Å². The number of benzene rings is 1. The lowest BCUT2D eigenvalue weighted by Gasteiger charge is -2.35. The molecule has 2 unspecified atom stereocenters. The van der Waals surface area contributed by atoms with Crippen LogP contribution >= 0.6 is 36.6 Å². The number of nitrogens with one attached hydrogen (secondary N) is 2. The molecule has 0 spiro atoms. The van der Waals surface area contributed by atoms with E-state index in [4.69, 9.17) is 0 Å². The van der Waals surface area contributed by atoms with Gasteiger partial charge in [-0.1, -0.05) is 0 Å². The van der Waals surface area contributed by atoms with Crippen LogP contribution in [0.25, 0.3) is 0 Å². The van der Waals surface area contributed by atoms with E-state index in [0.717, 1.165) is 49.7 Å². The topological polar surface area (TPSA) is 64.7 Å². The minimum absolute atomic E-state index is 0. The van der Waals surface area contributed by atoms with E-state index >= 15 is 0 Å². The molecule has 2 saturated heterocycles. The molecule has 0 bridgehead atoms. The highest BCUT2D eigenvalue weighted by atomic mass is 35.5. The Bertz CT molecular complexity index is 656. The molecule has 0 aromatic heterocycles. The van der Waals surface area contributed by atoms with Gasteiger partial charge in [0.15, 0.2) is 0 Å². The lowest BCUT2D eigenvalue weighted by atomic mass is 10.0. The molecule has 0 saturated carbocycles.